The van der Waals surface area contributed by atoms with Crippen LogP contribution in [0.4, 0.5) is 24.5 Å². The fraction of sp³-hybridized carbons (Fsp3) is 0.333. The van der Waals surface area contributed by atoms with Crippen LogP contribution in [0.25, 0.3) is 0 Å². The van der Waals surface area contributed by atoms with Crippen molar-refractivity contribution in [2.75, 3.05) is 18.5 Å². The van der Waals surface area contributed by atoms with E-state index in [1.807, 2.05) is 0 Å². The Kier molecular flexibility index (Phi) is 7.79. The number of carbonyl (C=O) groups is 2. The Labute approximate surface area is 206 Å². The lowest BCUT2D eigenvalue weighted by Gasteiger charge is -2.26. The Balaban J connectivity index is 1.32. The average molecular weight is 501 g/mol. The number of halogens is 3. The third-order valence-corrected chi connectivity index (χ3v) is 6.41. The van der Waals surface area contributed by atoms with Crippen molar-refractivity contribution in [2.45, 2.75) is 38.4 Å². The van der Waals surface area contributed by atoms with Gasteiger partial charge in [0.2, 0.25) is 5.91 Å². The summed E-state index contributed by atoms with van der Waals surface area (Å²) in [5.74, 6) is -0.151. The summed E-state index contributed by atoms with van der Waals surface area (Å²) >= 11 is 0. The van der Waals surface area contributed by atoms with Crippen LogP contribution in [-0.4, -0.2) is 24.9 Å². The molecule has 1 saturated heterocycles. The van der Waals surface area contributed by atoms with Gasteiger partial charge in [0, 0.05) is 25.3 Å². The van der Waals surface area contributed by atoms with Gasteiger partial charge >= 0.3 is 6.18 Å². The number of para-hydroxylation sites is 1. The van der Waals surface area contributed by atoms with E-state index in [0.717, 1.165) is 11.6 Å². The molecule has 190 valence electrons. The van der Waals surface area contributed by atoms with Crippen LogP contribution in [0.3, 0.4) is 0 Å². The van der Waals surface area contributed by atoms with E-state index in [2.05, 4.69) is 10.6 Å². The van der Waals surface area contributed by atoms with Crippen LogP contribution in [0.5, 0.6) is 0 Å². The lowest BCUT2D eigenvalue weighted by atomic mass is 9.80. The summed E-state index contributed by atoms with van der Waals surface area (Å²) in [7, 11) is 0. The van der Waals surface area contributed by atoms with E-state index in [0.29, 0.717) is 50.1 Å². The topological polar surface area (TPSA) is 80.6 Å². The molecule has 2 aromatic carbocycles. The van der Waals surface area contributed by atoms with Gasteiger partial charge in [0.15, 0.2) is 5.78 Å². The van der Waals surface area contributed by atoms with Crippen molar-refractivity contribution in [3.63, 3.8) is 0 Å². The predicted molar refractivity (Wildman–Crippen MR) is 128 cm³/mol. The molecule has 0 bridgehead atoms. The highest BCUT2D eigenvalue weighted by Gasteiger charge is 2.41. The van der Waals surface area contributed by atoms with Crippen LogP contribution < -0.4 is 10.6 Å². The van der Waals surface area contributed by atoms with Gasteiger partial charge in [0.05, 0.1) is 35.1 Å². The zero-order valence-electron chi connectivity index (χ0n) is 19.6. The Morgan fingerprint density at radius 1 is 1.03 bits per heavy atom. The lowest BCUT2D eigenvalue weighted by Crippen LogP contribution is -2.41. The zero-order chi connectivity index (χ0) is 25.6. The van der Waals surface area contributed by atoms with Crippen LogP contribution in [0.1, 0.15) is 47.2 Å². The van der Waals surface area contributed by atoms with Crippen LogP contribution in [-0.2, 0) is 22.3 Å². The second-order valence-corrected chi connectivity index (χ2v) is 8.92. The Hall–Kier alpha value is -3.59. The lowest BCUT2D eigenvalue weighted by molar-refractivity contribution is -0.137. The Morgan fingerprint density at radius 3 is 2.47 bits per heavy atom. The molecule has 0 unspecified atom stereocenters. The Bertz CT molecular complexity index is 1170. The second kappa shape index (κ2) is 11.0. The molecular weight excluding hydrogens is 473 g/mol. The number of hydrogen-bond acceptors (Lipinski definition) is 5. The van der Waals surface area contributed by atoms with Gasteiger partial charge in [-0.3, -0.25) is 9.59 Å². The van der Waals surface area contributed by atoms with Crippen LogP contribution in [0, 0.1) is 5.41 Å². The SMILES string of the molecule is O=C(CCC[C@@]1(C(=O)NCc2ccc(Nc3ccccc3C(F)(F)F)cc2)CCOC1)c1ccoc1. The summed E-state index contributed by atoms with van der Waals surface area (Å²) in [5, 5.41) is 5.76. The minimum atomic E-state index is -4.46. The molecule has 0 saturated carbocycles. The average Bonchev–Trinajstić information content (AvgIpc) is 3.56. The summed E-state index contributed by atoms with van der Waals surface area (Å²) in [6.45, 7) is 1.07. The molecule has 9 heteroatoms. The van der Waals surface area contributed by atoms with Crippen molar-refractivity contribution < 1.29 is 31.9 Å². The molecule has 1 aliphatic heterocycles. The second-order valence-electron chi connectivity index (χ2n) is 8.92. The molecule has 0 spiro atoms. The molecule has 4 rings (SSSR count). The fourth-order valence-electron chi connectivity index (χ4n) is 4.32. The molecule has 36 heavy (non-hydrogen) atoms. The van der Waals surface area contributed by atoms with Crippen molar-refractivity contribution in [3.8, 4) is 0 Å². The molecule has 0 aliphatic carbocycles. The predicted octanol–water partition coefficient (Wildman–Crippen LogP) is 6.12. The third-order valence-electron chi connectivity index (χ3n) is 6.41. The highest BCUT2D eigenvalue weighted by molar-refractivity contribution is 5.95. The van der Waals surface area contributed by atoms with Gasteiger partial charge in [-0.2, -0.15) is 13.2 Å². The van der Waals surface area contributed by atoms with E-state index in [1.165, 1.54) is 30.7 Å². The van der Waals surface area contributed by atoms with E-state index in [-0.39, 0.29) is 23.9 Å². The van der Waals surface area contributed by atoms with Crippen LogP contribution in [0.15, 0.2) is 71.5 Å². The summed E-state index contributed by atoms with van der Waals surface area (Å²) in [4.78, 5) is 25.3. The summed E-state index contributed by atoms with van der Waals surface area (Å²) in [6.07, 6.45) is 0.405. The molecule has 2 heterocycles. The summed E-state index contributed by atoms with van der Waals surface area (Å²) in [6, 6.07) is 13.8. The maximum atomic E-state index is 13.2. The standard InChI is InChI=1S/C27H27F3N2O4/c28-27(29,30)22-4-1-2-5-23(22)32-21-9-7-19(8-10-21)16-31-25(34)26(13-15-36-18-26)12-3-6-24(33)20-11-14-35-17-20/h1-2,4-5,7-11,14,17,32H,3,6,12-13,15-16,18H2,(H,31,34)/t26-/m1/s1. The van der Waals surface area contributed by atoms with E-state index in [9.17, 15) is 22.8 Å². The molecule has 1 fully saturated rings. The first-order chi connectivity index (χ1) is 17.3. The first-order valence-electron chi connectivity index (χ1n) is 11.7. The van der Waals surface area contributed by atoms with Crippen molar-refractivity contribution in [1.82, 2.24) is 5.32 Å². The highest BCUT2D eigenvalue weighted by Crippen LogP contribution is 2.36. The first-order valence-corrected chi connectivity index (χ1v) is 11.7. The fourth-order valence-corrected chi connectivity index (χ4v) is 4.32. The monoisotopic (exact) mass is 500 g/mol. The maximum Gasteiger partial charge on any atom is 0.418 e. The van der Waals surface area contributed by atoms with E-state index in [4.69, 9.17) is 9.15 Å². The number of anilines is 2. The number of hydrogen-bond donors (Lipinski definition) is 2. The highest BCUT2D eigenvalue weighted by atomic mass is 19.4. The van der Waals surface area contributed by atoms with Crippen molar-refractivity contribution in [3.05, 3.63) is 83.8 Å². The van der Waals surface area contributed by atoms with E-state index >= 15 is 0 Å². The van der Waals surface area contributed by atoms with Gasteiger partial charge in [-0.15, -0.1) is 0 Å². The summed E-state index contributed by atoms with van der Waals surface area (Å²) < 4.78 is 50.1. The smallest absolute Gasteiger partial charge is 0.418 e. The number of nitrogens with one attached hydrogen (secondary N) is 2. The minimum absolute atomic E-state index is 0.0234. The molecule has 1 amide bonds. The number of amides is 1. The third kappa shape index (κ3) is 6.15. The number of ketones is 1. The Morgan fingerprint density at radius 2 is 1.81 bits per heavy atom. The molecule has 1 aromatic heterocycles. The van der Waals surface area contributed by atoms with Gasteiger partial charge in [-0.05, 0) is 55.2 Å². The quantitative estimate of drug-likeness (QED) is 0.328. The van der Waals surface area contributed by atoms with Crippen LogP contribution >= 0.6 is 0 Å². The van der Waals surface area contributed by atoms with Crippen molar-refractivity contribution in [2.24, 2.45) is 5.41 Å². The number of furan rings is 1. The van der Waals surface area contributed by atoms with Gasteiger partial charge < -0.3 is 19.8 Å². The molecular formula is C27H27F3N2O4. The van der Waals surface area contributed by atoms with Gasteiger partial charge in [-0.1, -0.05) is 24.3 Å². The zero-order valence-corrected chi connectivity index (χ0v) is 19.6. The van der Waals surface area contributed by atoms with Gasteiger partial charge in [0.1, 0.15) is 6.26 Å². The van der Waals surface area contributed by atoms with Crippen molar-refractivity contribution >= 4 is 23.1 Å². The van der Waals surface area contributed by atoms with Gasteiger partial charge in [-0.25, -0.2) is 0 Å². The number of alkyl halides is 3. The van der Waals surface area contributed by atoms with Gasteiger partial charge in [0.25, 0.3) is 0 Å². The molecule has 2 N–H and O–H groups in total. The molecule has 0 radical (unpaired) electrons. The number of Topliss-reactive ketones (excluding diaryl/α,β-unsaturated/α-hetero) is 1. The number of carbonyl (C=O) groups excluding carboxylic acids is 2. The number of rotatable bonds is 10. The number of ether oxygens (including phenoxy) is 1. The maximum absolute atomic E-state index is 13.2. The molecule has 6 nitrogen and oxygen atoms in total. The first kappa shape index (κ1) is 25.5. The molecule has 1 aliphatic rings. The molecule has 1 atom stereocenters. The van der Waals surface area contributed by atoms with Crippen molar-refractivity contribution in [1.29, 1.82) is 0 Å². The minimum Gasteiger partial charge on any atom is -0.472 e. The van der Waals surface area contributed by atoms with Crippen LogP contribution in [0.2, 0.25) is 0 Å². The normalized spacial score (nSPS) is 17.6. The molecule has 3 aromatic rings. The largest absolute Gasteiger partial charge is 0.472 e. The number of benzene rings is 2. The van der Waals surface area contributed by atoms with E-state index < -0.39 is 17.2 Å². The van der Waals surface area contributed by atoms with E-state index in [1.54, 1.807) is 30.3 Å². The summed E-state index contributed by atoms with van der Waals surface area (Å²) in [5.41, 5.74) is 0.389.